The summed E-state index contributed by atoms with van der Waals surface area (Å²) >= 11 is 0. The summed E-state index contributed by atoms with van der Waals surface area (Å²) in [7, 11) is 0. The number of unbranched alkanes of at least 4 members (excludes halogenated alkanes) is 16. The number of aliphatic hydroxyl groups excluding tert-OH is 1. The fourth-order valence-corrected chi connectivity index (χ4v) is 4.53. The molecule has 0 radical (unpaired) electrons. The third-order valence-electron chi connectivity index (χ3n) is 6.72. The summed E-state index contributed by atoms with van der Waals surface area (Å²) in [6.07, 6.45) is 25.1. The van der Waals surface area contributed by atoms with Gasteiger partial charge in [-0.25, -0.2) is 4.79 Å². The first-order chi connectivity index (χ1) is 15.0. The third kappa shape index (κ3) is 17.6. The van der Waals surface area contributed by atoms with Crippen LogP contribution in [-0.2, 0) is 4.79 Å². The molecule has 0 spiro atoms. The van der Waals surface area contributed by atoms with Crippen LogP contribution in [0.25, 0.3) is 0 Å². The zero-order valence-electron chi connectivity index (χ0n) is 20.9. The van der Waals surface area contributed by atoms with Crippen molar-refractivity contribution in [3.8, 4) is 0 Å². The average molecular weight is 443 g/mol. The minimum Gasteiger partial charge on any atom is -0.479 e. The van der Waals surface area contributed by atoms with Crippen LogP contribution < -0.4 is 0 Å². The summed E-state index contributed by atoms with van der Waals surface area (Å²) in [5.41, 5.74) is -1.98. The molecule has 0 aromatic heterocycles. The molecule has 0 saturated heterocycles. The van der Waals surface area contributed by atoms with Crippen LogP contribution in [0.3, 0.4) is 0 Å². The lowest BCUT2D eigenvalue weighted by atomic mass is 9.84. The highest BCUT2D eigenvalue weighted by molar-refractivity contribution is 5.77. The fourth-order valence-electron chi connectivity index (χ4n) is 4.53. The van der Waals surface area contributed by atoms with Gasteiger partial charge < -0.3 is 15.3 Å². The van der Waals surface area contributed by atoms with Gasteiger partial charge in [-0.1, -0.05) is 142 Å². The average Bonchev–Trinajstić information content (AvgIpc) is 2.76. The quantitative estimate of drug-likeness (QED) is 0.134. The van der Waals surface area contributed by atoms with Crippen LogP contribution >= 0.6 is 0 Å². The maximum atomic E-state index is 11.4. The van der Waals surface area contributed by atoms with E-state index in [4.69, 9.17) is 0 Å². The van der Waals surface area contributed by atoms with Gasteiger partial charge in [-0.3, -0.25) is 0 Å². The van der Waals surface area contributed by atoms with Crippen molar-refractivity contribution in [2.24, 2.45) is 5.92 Å². The standard InChI is InChI=1S/C27H54O4/c1-3-5-7-9-11-13-14-16-18-20-22-25(23-27(31,24-28)26(29)30)21-19-17-15-12-10-8-6-4-2/h25,28,31H,3-24H2,1-2H3,(H,29,30). The van der Waals surface area contributed by atoms with Crippen LogP contribution in [0.4, 0.5) is 0 Å². The Balaban J connectivity index is 4.12. The Morgan fingerprint density at radius 3 is 1.26 bits per heavy atom. The van der Waals surface area contributed by atoms with Crippen LogP contribution in [0.15, 0.2) is 0 Å². The number of rotatable bonds is 24. The molecule has 0 saturated carbocycles. The van der Waals surface area contributed by atoms with E-state index in [2.05, 4.69) is 13.8 Å². The minimum atomic E-state index is -1.98. The number of carboxylic acid groups (broad SMARTS) is 1. The van der Waals surface area contributed by atoms with Gasteiger partial charge in [0.05, 0.1) is 6.61 Å². The van der Waals surface area contributed by atoms with Gasteiger partial charge in [0.25, 0.3) is 0 Å². The third-order valence-corrected chi connectivity index (χ3v) is 6.72. The summed E-state index contributed by atoms with van der Waals surface area (Å²) < 4.78 is 0. The first kappa shape index (κ1) is 30.4. The van der Waals surface area contributed by atoms with Crippen LogP contribution in [0, 0.1) is 5.92 Å². The molecule has 0 amide bonds. The molecule has 0 heterocycles. The lowest BCUT2D eigenvalue weighted by Crippen LogP contribution is -2.44. The van der Waals surface area contributed by atoms with Crippen molar-refractivity contribution in [3.05, 3.63) is 0 Å². The second-order valence-corrected chi connectivity index (χ2v) is 9.80. The Morgan fingerprint density at radius 1 is 0.645 bits per heavy atom. The van der Waals surface area contributed by atoms with Crippen LogP contribution in [0.5, 0.6) is 0 Å². The molecule has 0 aliphatic heterocycles. The second kappa shape index (κ2) is 21.2. The molecule has 2 unspecified atom stereocenters. The molecule has 0 aliphatic rings. The van der Waals surface area contributed by atoms with E-state index in [1.54, 1.807) is 0 Å². The molecule has 2 atom stereocenters. The Morgan fingerprint density at radius 2 is 0.968 bits per heavy atom. The molecule has 0 fully saturated rings. The smallest absolute Gasteiger partial charge is 0.338 e. The maximum Gasteiger partial charge on any atom is 0.338 e. The van der Waals surface area contributed by atoms with Gasteiger partial charge in [0, 0.05) is 0 Å². The highest BCUT2D eigenvalue weighted by Gasteiger charge is 2.37. The van der Waals surface area contributed by atoms with Crippen molar-refractivity contribution in [2.75, 3.05) is 6.61 Å². The van der Waals surface area contributed by atoms with Gasteiger partial charge in [0.1, 0.15) is 0 Å². The molecular weight excluding hydrogens is 388 g/mol. The van der Waals surface area contributed by atoms with Gasteiger partial charge in [-0.2, -0.15) is 0 Å². The number of hydrogen-bond donors (Lipinski definition) is 3. The van der Waals surface area contributed by atoms with Gasteiger partial charge >= 0.3 is 5.97 Å². The largest absolute Gasteiger partial charge is 0.479 e. The molecule has 31 heavy (non-hydrogen) atoms. The Bertz CT molecular complexity index is 399. The summed E-state index contributed by atoms with van der Waals surface area (Å²) in [6.45, 7) is 3.79. The van der Waals surface area contributed by atoms with Gasteiger partial charge in [-0.05, 0) is 12.3 Å². The number of carbonyl (C=O) groups is 1. The van der Waals surface area contributed by atoms with Crippen molar-refractivity contribution in [2.45, 2.75) is 154 Å². The molecule has 0 bridgehead atoms. The molecule has 3 N–H and O–H groups in total. The Kier molecular flexibility index (Phi) is 20.8. The number of aliphatic hydroxyl groups is 2. The Labute approximate surface area is 193 Å². The molecule has 4 heteroatoms. The van der Waals surface area contributed by atoms with E-state index in [0.29, 0.717) is 0 Å². The number of hydrogen-bond acceptors (Lipinski definition) is 3. The first-order valence-corrected chi connectivity index (χ1v) is 13.6. The molecule has 0 aliphatic carbocycles. The van der Waals surface area contributed by atoms with Crippen LogP contribution in [0.1, 0.15) is 149 Å². The molecule has 0 rings (SSSR count). The van der Waals surface area contributed by atoms with E-state index in [0.717, 1.165) is 25.7 Å². The Hall–Kier alpha value is -0.610. The number of aliphatic carboxylic acids is 1. The maximum absolute atomic E-state index is 11.4. The zero-order chi connectivity index (χ0) is 23.2. The van der Waals surface area contributed by atoms with E-state index in [9.17, 15) is 20.1 Å². The normalized spacial score (nSPS) is 14.5. The second-order valence-electron chi connectivity index (χ2n) is 9.80. The fraction of sp³-hybridized carbons (Fsp3) is 0.963. The van der Waals surface area contributed by atoms with Crippen molar-refractivity contribution in [3.63, 3.8) is 0 Å². The molecule has 0 aromatic carbocycles. The lowest BCUT2D eigenvalue weighted by Gasteiger charge is -2.27. The molecule has 186 valence electrons. The van der Waals surface area contributed by atoms with Crippen LogP contribution in [-0.4, -0.2) is 33.5 Å². The first-order valence-electron chi connectivity index (χ1n) is 13.6. The molecular formula is C27H54O4. The predicted molar refractivity (Wildman–Crippen MR) is 131 cm³/mol. The van der Waals surface area contributed by atoms with Crippen LogP contribution in [0.2, 0.25) is 0 Å². The predicted octanol–water partition coefficient (Wildman–Crippen LogP) is 7.64. The monoisotopic (exact) mass is 442 g/mol. The van der Waals surface area contributed by atoms with E-state index < -0.39 is 18.2 Å². The lowest BCUT2D eigenvalue weighted by molar-refractivity contribution is -0.165. The van der Waals surface area contributed by atoms with Crippen molar-refractivity contribution >= 4 is 5.97 Å². The summed E-state index contributed by atoms with van der Waals surface area (Å²) in [5, 5.41) is 29.1. The van der Waals surface area contributed by atoms with Crippen molar-refractivity contribution in [1.82, 2.24) is 0 Å². The topological polar surface area (TPSA) is 77.8 Å². The van der Waals surface area contributed by atoms with E-state index >= 15 is 0 Å². The van der Waals surface area contributed by atoms with Crippen molar-refractivity contribution < 1.29 is 20.1 Å². The summed E-state index contributed by atoms with van der Waals surface area (Å²) in [4.78, 5) is 11.4. The summed E-state index contributed by atoms with van der Waals surface area (Å²) in [5.74, 6) is -1.11. The SMILES string of the molecule is CCCCCCCCCCCCC(CCCCCCCCCC)CC(O)(CO)C(=O)O. The van der Waals surface area contributed by atoms with E-state index in [1.807, 2.05) is 0 Å². The highest BCUT2D eigenvalue weighted by atomic mass is 16.4. The van der Waals surface area contributed by atoms with E-state index in [-0.39, 0.29) is 12.3 Å². The highest BCUT2D eigenvalue weighted by Crippen LogP contribution is 2.28. The zero-order valence-corrected chi connectivity index (χ0v) is 20.9. The minimum absolute atomic E-state index is 0.173. The van der Waals surface area contributed by atoms with E-state index in [1.165, 1.54) is 103 Å². The summed E-state index contributed by atoms with van der Waals surface area (Å²) in [6, 6.07) is 0. The van der Waals surface area contributed by atoms with Gasteiger partial charge in [0.2, 0.25) is 0 Å². The van der Waals surface area contributed by atoms with Gasteiger partial charge in [-0.15, -0.1) is 0 Å². The van der Waals surface area contributed by atoms with Gasteiger partial charge in [0.15, 0.2) is 5.60 Å². The number of carboxylic acids is 1. The molecule has 0 aromatic rings. The van der Waals surface area contributed by atoms with Crippen molar-refractivity contribution in [1.29, 1.82) is 0 Å². The molecule has 4 nitrogen and oxygen atoms in total.